The van der Waals surface area contributed by atoms with Crippen molar-refractivity contribution < 1.29 is 9.18 Å². The number of anilines is 1. The summed E-state index contributed by atoms with van der Waals surface area (Å²) < 4.78 is 13.4. The van der Waals surface area contributed by atoms with Crippen molar-refractivity contribution in [2.24, 2.45) is 11.8 Å². The molecule has 96 valence electrons. The molecule has 1 aliphatic heterocycles. The Morgan fingerprint density at radius 1 is 1.28 bits per heavy atom. The van der Waals surface area contributed by atoms with Crippen LogP contribution in [0.4, 0.5) is 10.1 Å². The van der Waals surface area contributed by atoms with Crippen LogP contribution in [0.3, 0.4) is 0 Å². The molecule has 1 aliphatic carbocycles. The lowest BCUT2D eigenvalue weighted by atomic mass is 10.0. The second-order valence-electron chi connectivity index (χ2n) is 5.36. The molecule has 1 aromatic rings. The second kappa shape index (κ2) is 4.26. The summed E-state index contributed by atoms with van der Waals surface area (Å²) >= 11 is 0. The van der Waals surface area contributed by atoms with E-state index in [2.05, 4.69) is 0 Å². The molecule has 4 heteroatoms. The van der Waals surface area contributed by atoms with Crippen molar-refractivity contribution in [3.05, 3.63) is 29.6 Å². The molecule has 2 fully saturated rings. The van der Waals surface area contributed by atoms with E-state index in [1.54, 1.807) is 6.07 Å². The minimum Gasteiger partial charge on any atom is -0.396 e. The molecule has 0 bridgehead atoms. The molecule has 18 heavy (non-hydrogen) atoms. The number of halogens is 1. The van der Waals surface area contributed by atoms with E-state index >= 15 is 0 Å². The lowest BCUT2D eigenvalue weighted by Gasteiger charge is -2.18. The zero-order valence-electron chi connectivity index (χ0n) is 10.2. The number of hydrogen-bond acceptors (Lipinski definition) is 2. The molecule has 0 aromatic heterocycles. The third-order valence-corrected chi connectivity index (χ3v) is 4.30. The highest BCUT2D eigenvalue weighted by Gasteiger charge is 2.38. The lowest BCUT2D eigenvalue weighted by Crippen LogP contribution is -2.30. The Hall–Kier alpha value is -1.58. The smallest absolute Gasteiger partial charge is 0.256 e. The highest BCUT2D eigenvalue weighted by molar-refractivity contribution is 5.99. The lowest BCUT2D eigenvalue weighted by molar-refractivity contribution is 0.0781. The Labute approximate surface area is 106 Å². The number of benzene rings is 1. The van der Waals surface area contributed by atoms with Crippen molar-refractivity contribution >= 4 is 11.6 Å². The molecule has 0 radical (unpaired) electrons. The summed E-state index contributed by atoms with van der Waals surface area (Å²) in [5.41, 5.74) is 5.92. The van der Waals surface area contributed by atoms with E-state index < -0.39 is 5.82 Å². The van der Waals surface area contributed by atoms with E-state index in [0.29, 0.717) is 17.4 Å². The molecule has 1 amide bonds. The number of para-hydroxylation sites is 1. The standard InChI is InChI=1S/C14H17FN2O/c15-12-6-2-5-11(13(12)16)14(18)17-7-9-3-1-4-10(9)8-17/h2,5-6,9-10H,1,3-4,7-8,16H2. The Balaban J connectivity index is 1.81. The van der Waals surface area contributed by atoms with E-state index in [9.17, 15) is 9.18 Å². The van der Waals surface area contributed by atoms with Crippen LogP contribution in [-0.4, -0.2) is 23.9 Å². The third-order valence-electron chi connectivity index (χ3n) is 4.30. The van der Waals surface area contributed by atoms with Crippen molar-refractivity contribution in [3.8, 4) is 0 Å². The van der Waals surface area contributed by atoms with Crippen molar-refractivity contribution in [2.45, 2.75) is 19.3 Å². The molecular formula is C14H17FN2O. The fourth-order valence-corrected chi connectivity index (χ4v) is 3.29. The minimum absolute atomic E-state index is 0.0282. The predicted molar refractivity (Wildman–Crippen MR) is 67.5 cm³/mol. The number of nitrogen functional groups attached to an aromatic ring is 1. The van der Waals surface area contributed by atoms with Crippen molar-refractivity contribution in [3.63, 3.8) is 0 Å². The molecule has 2 N–H and O–H groups in total. The van der Waals surface area contributed by atoms with Crippen LogP contribution in [0.2, 0.25) is 0 Å². The van der Waals surface area contributed by atoms with Crippen LogP contribution < -0.4 is 5.73 Å². The van der Waals surface area contributed by atoms with Gasteiger partial charge in [0.25, 0.3) is 5.91 Å². The van der Waals surface area contributed by atoms with Crippen LogP contribution >= 0.6 is 0 Å². The van der Waals surface area contributed by atoms with Gasteiger partial charge in [0.15, 0.2) is 0 Å². The van der Waals surface area contributed by atoms with Gasteiger partial charge in [0.1, 0.15) is 5.82 Å². The van der Waals surface area contributed by atoms with Gasteiger partial charge in [-0.2, -0.15) is 0 Å². The van der Waals surface area contributed by atoms with Gasteiger partial charge in [0, 0.05) is 13.1 Å². The number of carbonyl (C=O) groups is 1. The highest BCUT2D eigenvalue weighted by Crippen LogP contribution is 2.38. The van der Waals surface area contributed by atoms with E-state index in [1.165, 1.54) is 31.4 Å². The van der Waals surface area contributed by atoms with E-state index in [-0.39, 0.29) is 11.6 Å². The monoisotopic (exact) mass is 248 g/mol. The number of nitrogens with zero attached hydrogens (tertiary/aromatic N) is 1. The van der Waals surface area contributed by atoms with Gasteiger partial charge in [0.2, 0.25) is 0 Å². The number of fused-ring (bicyclic) bond motifs is 1. The number of likely N-dealkylation sites (tertiary alicyclic amines) is 1. The molecule has 1 heterocycles. The zero-order chi connectivity index (χ0) is 12.7. The van der Waals surface area contributed by atoms with E-state index in [0.717, 1.165) is 13.1 Å². The fourth-order valence-electron chi connectivity index (χ4n) is 3.29. The second-order valence-corrected chi connectivity index (χ2v) is 5.36. The summed E-state index contributed by atoms with van der Waals surface area (Å²) in [6.07, 6.45) is 3.71. The number of nitrogens with two attached hydrogens (primary N) is 1. The topological polar surface area (TPSA) is 46.3 Å². The summed E-state index contributed by atoms with van der Waals surface area (Å²) in [6.45, 7) is 1.61. The summed E-state index contributed by atoms with van der Waals surface area (Å²) in [4.78, 5) is 14.2. The molecule has 3 nitrogen and oxygen atoms in total. The van der Waals surface area contributed by atoms with Gasteiger partial charge < -0.3 is 10.6 Å². The first-order valence-electron chi connectivity index (χ1n) is 6.50. The van der Waals surface area contributed by atoms with Gasteiger partial charge in [-0.25, -0.2) is 4.39 Å². The summed E-state index contributed by atoms with van der Waals surface area (Å²) in [5.74, 6) is 0.647. The Morgan fingerprint density at radius 3 is 2.61 bits per heavy atom. The van der Waals surface area contributed by atoms with Crippen LogP contribution in [0, 0.1) is 17.7 Å². The number of carbonyl (C=O) groups excluding carboxylic acids is 1. The highest BCUT2D eigenvalue weighted by atomic mass is 19.1. The van der Waals surface area contributed by atoms with Crippen molar-refractivity contribution in [1.29, 1.82) is 0 Å². The summed E-state index contributed by atoms with van der Waals surface area (Å²) in [7, 11) is 0. The quantitative estimate of drug-likeness (QED) is 0.775. The Bertz CT molecular complexity index is 477. The van der Waals surface area contributed by atoms with Crippen LogP contribution in [0.25, 0.3) is 0 Å². The fraction of sp³-hybridized carbons (Fsp3) is 0.500. The first-order chi connectivity index (χ1) is 8.66. The van der Waals surface area contributed by atoms with Crippen LogP contribution in [-0.2, 0) is 0 Å². The van der Waals surface area contributed by atoms with E-state index in [4.69, 9.17) is 5.73 Å². The van der Waals surface area contributed by atoms with Crippen LogP contribution in [0.5, 0.6) is 0 Å². The third kappa shape index (κ3) is 1.76. The summed E-state index contributed by atoms with van der Waals surface area (Å²) in [5, 5.41) is 0. The first kappa shape index (κ1) is 11.5. The number of rotatable bonds is 1. The predicted octanol–water partition coefficient (Wildman–Crippen LogP) is 2.28. The van der Waals surface area contributed by atoms with Gasteiger partial charge in [-0.05, 0) is 36.8 Å². The van der Waals surface area contributed by atoms with Gasteiger partial charge in [-0.15, -0.1) is 0 Å². The maximum atomic E-state index is 13.4. The normalized spacial score (nSPS) is 26.4. The molecule has 1 saturated carbocycles. The van der Waals surface area contributed by atoms with E-state index in [1.807, 2.05) is 4.90 Å². The molecule has 2 aliphatic rings. The average Bonchev–Trinajstić information content (AvgIpc) is 2.92. The Kier molecular flexibility index (Phi) is 2.73. The van der Waals surface area contributed by atoms with Crippen molar-refractivity contribution in [1.82, 2.24) is 4.90 Å². The molecule has 2 atom stereocenters. The van der Waals surface area contributed by atoms with Gasteiger partial charge >= 0.3 is 0 Å². The summed E-state index contributed by atoms with van der Waals surface area (Å²) in [6, 6.07) is 4.43. The molecule has 1 saturated heterocycles. The molecule has 2 unspecified atom stereocenters. The first-order valence-corrected chi connectivity index (χ1v) is 6.50. The number of amides is 1. The maximum absolute atomic E-state index is 13.4. The van der Waals surface area contributed by atoms with Crippen molar-refractivity contribution in [2.75, 3.05) is 18.8 Å². The molecule has 3 rings (SSSR count). The SMILES string of the molecule is Nc1c(F)cccc1C(=O)N1CC2CCCC2C1. The Morgan fingerprint density at radius 2 is 1.94 bits per heavy atom. The van der Waals surface area contributed by atoms with Crippen LogP contribution in [0.15, 0.2) is 18.2 Å². The zero-order valence-corrected chi connectivity index (χ0v) is 10.2. The average molecular weight is 248 g/mol. The number of hydrogen-bond donors (Lipinski definition) is 1. The van der Waals surface area contributed by atoms with Gasteiger partial charge in [-0.1, -0.05) is 12.5 Å². The largest absolute Gasteiger partial charge is 0.396 e. The molecular weight excluding hydrogens is 231 g/mol. The molecule has 0 spiro atoms. The minimum atomic E-state index is -0.514. The van der Waals surface area contributed by atoms with Gasteiger partial charge in [0.05, 0.1) is 11.3 Å². The van der Waals surface area contributed by atoms with Crippen LogP contribution in [0.1, 0.15) is 29.6 Å². The maximum Gasteiger partial charge on any atom is 0.256 e. The molecule has 1 aromatic carbocycles. The van der Waals surface area contributed by atoms with Gasteiger partial charge in [-0.3, -0.25) is 4.79 Å².